The van der Waals surface area contributed by atoms with E-state index >= 15 is 0 Å². The molecule has 0 spiro atoms. The van der Waals surface area contributed by atoms with Gasteiger partial charge in [0.05, 0.1) is 6.61 Å². The molecule has 2 aliphatic heterocycles. The zero-order valence-corrected chi connectivity index (χ0v) is 10.7. The van der Waals surface area contributed by atoms with Gasteiger partial charge < -0.3 is 15.2 Å². The molecule has 0 bridgehead atoms. The molecule has 2 N–H and O–H groups in total. The Morgan fingerprint density at radius 1 is 1.38 bits per heavy atom. The van der Waals surface area contributed by atoms with Crippen LogP contribution in [0.2, 0.25) is 0 Å². The first-order valence-electron chi connectivity index (χ1n) is 6.34. The molecule has 1 atom stereocenters. The molecular formula is C12H23NO2S. The Labute approximate surface area is 102 Å². The van der Waals surface area contributed by atoms with Gasteiger partial charge in [-0.3, -0.25) is 0 Å². The minimum absolute atomic E-state index is 0.0837. The molecule has 2 heterocycles. The molecule has 94 valence electrons. The van der Waals surface area contributed by atoms with Crippen LogP contribution in [0.4, 0.5) is 0 Å². The van der Waals surface area contributed by atoms with Gasteiger partial charge in [-0.25, -0.2) is 0 Å². The summed E-state index contributed by atoms with van der Waals surface area (Å²) in [4.78, 5) is 0. The monoisotopic (exact) mass is 245 g/mol. The molecule has 0 aromatic heterocycles. The lowest BCUT2D eigenvalue weighted by Gasteiger charge is -2.37. The topological polar surface area (TPSA) is 41.5 Å². The second-order valence-electron chi connectivity index (χ2n) is 5.07. The standard InChI is InChI=1S/C12H23NO2S/c14-10-12(3-5-15-6-4-12)9-13-11-2-1-7-16-8-11/h11,13-14H,1-10H2. The molecule has 0 aliphatic carbocycles. The molecular weight excluding hydrogens is 222 g/mol. The molecule has 2 saturated heterocycles. The van der Waals surface area contributed by atoms with Crippen molar-refractivity contribution in [1.29, 1.82) is 0 Å². The highest BCUT2D eigenvalue weighted by Crippen LogP contribution is 2.29. The first kappa shape index (κ1) is 12.7. The largest absolute Gasteiger partial charge is 0.396 e. The van der Waals surface area contributed by atoms with Crippen molar-refractivity contribution >= 4 is 11.8 Å². The highest BCUT2D eigenvalue weighted by Gasteiger charge is 2.32. The van der Waals surface area contributed by atoms with Crippen molar-refractivity contribution in [1.82, 2.24) is 5.32 Å². The Morgan fingerprint density at radius 3 is 2.81 bits per heavy atom. The summed E-state index contributed by atoms with van der Waals surface area (Å²) in [6.45, 7) is 2.87. The summed E-state index contributed by atoms with van der Waals surface area (Å²) < 4.78 is 5.38. The van der Waals surface area contributed by atoms with E-state index in [9.17, 15) is 5.11 Å². The molecule has 1 unspecified atom stereocenters. The van der Waals surface area contributed by atoms with E-state index in [0.717, 1.165) is 32.6 Å². The predicted molar refractivity (Wildman–Crippen MR) is 67.9 cm³/mol. The van der Waals surface area contributed by atoms with E-state index in [1.165, 1.54) is 24.3 Å². The van der Waals surface area contributed by atoms with E-state index in [4.69, 9.17) is 4.74 Å². The van der Waals surface area contributed by atoms with Gasteiger partial charge in [-0.1, -0.05) is 0 Å². The van der Waals surface area contributed by atoms with Crippen LogP contribution in [0.15, 0.2) is 0 Å². The molecule has 0 aromatic rings. The molecule has 16 heavy (non-hydrogen) atoms. The normalized spacial score (nSPS) is 30.2. The van der Waals surface area contributed by atoms with E-state index in [1.807, 2.05) is 11.8 Å². The molecule has 0 saturated carbocycles. The fraction of sp³-hybridized carbons (Fsp3) is 1.00. The van der Waals surface area contributed by atoms with Crippen LogP contribution in [0.25, 0.3) is 0 Å². The van der Waals surface area contributed by atoms with Crippen LogP contribution in [0.3, 0.4) is 0 Å². The van der Waals surface area contributed by atoms with Gasteiger partial charge in [0.25, 0.3) is 0 Å². The molecule has 0 amide bonds. The summed E-state index contributed by atoms with van der Waals surface area (Å²) in [5.74, 6) is 2.55. The van der Waals surface area contributed by atoms with Gasteiger partial charge in [0, 0.05) is 37.0 Å². The van der Waals surface area contributed by atoms with Crippen molar-refractivity contribution in [3.63, 3.8) is 0 Å². The van der Waals surface area contributed by atoms with Gasteiger partial charge in [-0.05, 0) is 31.4 Å². The summed E-state index contributed by atoms with van der Waals surface area (Å²) in [5.41, 5.74) is 0.0837. The van der Waals surface area contributed by atoms with Gasteiger partial charge in [-0.2, -0.15) is 11.8 Å². The maximum absolute atomic E-state index is 9.57. The van der Waals surface area contributed by atoms with Gasteiger partial charge in [0.15, 0.2) is 0 Å². The van der Waals surface area contributed by atoms with Crippen molar-refractivity contribution in [2.75, 3.05) is 37.9 Å². The number of ether oxygens (including phenoxy) is 1. The number of hydrogen-bond acceptors (Lipinski definition) is 4. The van der Waals surface area contributed by atoms with Crippen LogP contribution in [0, 0.1) is 5.41 Å². The van der Waals surface area contributed by atoms with Crippen LogP contribution in [-0.4, -0.2) is 49.0 Å². The average Bonchev–Trinajstić information content (AvgIpc) is 2.39. The minimum atomic E-state index is 0.0837. The number of hydrogen-bond donors (Lipinski definition) is 2. The van der Waals surface area contributed by atoms with Crippen LogP contribution < -0.4 is 5.32 Å². The van der Waals surface area contributed by atoms with E-state index in [2.05, 4.69) is 5.32 Å². The predicted octanol–water partition coefficient (Wildman–Crippen LogP) is 1.26. The van der Waals surface area contributed by atoms with Crippen molar-refractivity contribution < 1.29 is 9.84 Å². The lowest BCUT2D eigenvalue weighted by atomic mass is 9.81. The van der Waals surface area contributed by atoms with Gasteiger partial charge >= 0.3 is 0 Å². The van der Waals surface area contributed by atoms with Crippen molar-refractivity contribution in [3.8, 4) is 0 Å². The lowest BCUT2D eigenvalue weighted by molar-refractivity contribution is -0.0163. The Balaban J connectivity index is 1.77. The lowest BCUT2D eigenvalue weighted by Crippen LogP contribution is -2.46. The van der Waals surface area contributed by atoms with Gasteiger partial charge in [0.2, 0.25) is 0 Å². The second-order valence-corrected chi connectivity index (χ2v) is 6.22. The summed E-state index contributed by atoms with van der Waals surface area (Å²) in [5, 5.41) is 13.2. The van der Waals surface area contributed by atoms with Crippen molar-refractivity contribution in [2.24, 2.45) is 5.41 Å². The highest BCUT2D eigenvalue weighted by molar-refractivity contribution is 7.99. The zero-order valence-electron chi connectivity index (χ0n) is 9.91. The van der Waals surface area contributed by atoms with Crippen LogP contribution in [0.5, 0.6) is 0 Å². The second kappa shape index (κ2) is 6.24. The Morgan fingerprint density at radius 2 is 2.19 bits per heavy atom. The summed E-state index contributed by atoms with van der Waals surface area (Å²) in [7, 11) is 0. The quantitative estimate of drug-likeness (QED) is 0.782. The maximum Gasteiger partial charge on any atom is 0.0501 e. The van der Waals surface area contributed by atoms with Crippen LogP contribution >= 0.6 is 11.8 Å². The molecule has 0 aromatic carbocycles. The first-order valence-corrected chi connectivity index (χ1v) is 7.50. The molecule has 3 nitrogen and oxygen atoms in total. The maximum atomic E-state index is 9.57. The Bertz CT molecular complexity index is 201. The number of rotatable bonds is 4. The first-order chi connectivity index (χ1) is 7.85. The Hall–Kier alpha value is 0.230. The van der Waals surface area contributed by atoms with Crippen molar-refractivity contribution in [2.45, 2.75) is 31.7 Å². The van der Waals surface area contributed by atoms with Gasteiger partial charge in [0.1, 0.15) is 0 Å². The zero-order chi connectivity index (χ0) is 11.3. The molecule has 2 fully saturated rings. The average molecular weight is 245 g/mol. The smallest absolute Gasteiger partial charge is 0.0501 e. The van der Waals surface area contributed by atoms with E-state index in [1.54, 1.807) is 0 Å². The minimum Gasteiger partial charge on any atom is -0.396 e. The fourth-order valence-corrected chi connectivity index (χ4v) is 3.56. The number of thioether (sulfide) groups is 1. The summed E-state index contributed by atoms with van der Waals surface area (Å²) in [6.07, 6.45) is 4.62. The number of aliphatic hydroxyl groups excluding tert-OH is 1. The number of nitrogens with one attached hydrogen (secondary N) is 1. The Kier molecular flexibility index (Phi) is 4.95. The van der Waals surface area contributed by atoms with E-state index in [-0.39, 0.29) is 5.41 Å². The molecule has 0 radical (unpaired) electrons. The number of aliphatic hydroxyl groups is 1. The molecule has 2 rings (SSSR count). The summed E-state index contributed by atoms with van der Waals surface area (Å²) in [6, 6.07) is 0.657. The van der Waals surface area contributed by atoms with E-state index < -0.39 is 0 Å². The highest BCUT2D eigenvalue weighted by atomic mass is 32.2. The fourth-order valence-electron chi connectivity index (χ4n) is 2.46. The van der Waals surface area contributed by atoms with Crippen molar-refractivity contribution in [3.05, 3.63) is 0 Å². The third-order valence-corrected chi connectivity index (χ3v) is 5.03. The molecule has 2 aliphatic rings. The van der Waals surface area contributed by atoms with E-state index in [0.29, 0.717) is 12.6 Å². The third-order valence-electron chi connectivity index (χ3n) is 3.81. The van der Waals surface area contributed by atoms with Gasteiger partial charge in [-0.15, -0.1) is 0 Å². The van der Waals surface area contributed by atoms with Crippen LogP contribution in [0.1, 0.15) is 25.7 Å². The van der Waals surface area contributed by atoms with Crippen LogP contribution in [-0.2, 0) is 4.74 Å². The summed E-state index contributed by atoms with van der Waals surface area (Å²) >= 11 is 2.05. The molecule has 4 heteroatoms. The SMILES string of the molecule is OCC1(CNC2CCCSC2)CCOCC1. The third kappa shape index (κ3) is 3.36.